The lowest BCUT2D eigenvalue weighted by Crippen LogP contribution is -2.42. The van der Waals surface area contributed by atoms with Crippen molar-refractivity contribution < 1.29 is 4.79 Å². The molecule has 0 bridgehead atoms. The summed E-state index contributed by atoms with van der Waals surface area (Å²) in [5.74, 6) is 1.05. The highest BCUT2D eigenvalue weighted by Gasteiger charge is 2.32. The van der Waals surface area contributed by atoms with E-state index in [0.29, 0.717) is 6.04 Å². The SMILES string of the molecule is CC(C)N(CC1CC1)C(=O)C1C=CC(N)C1. The second-order valence-electron chi connectivity index (χ2n) is 5.42. The van der Waals surface area contributed by atoms with E-state index in [1.807, 2.05) is 17.1 Å². The Morgan fingerprint density at radius 3 is 2.56 bits per heavy atom. The molecule has 1 fully saturated rings. The van der Waals surface area contributed by atoms with Gasteiger partial charge >= 0.3 is 0 Å². The van der Waals surface area contributed by atoms with Crippen molar-refractivity contribution in [1.82, 2.24) is 4.90 Å². The van der Waals surface area contributed by atoms with Crippen LogP contribution in [0.25, 0.3) is 0 Å². The van der Waals surface area contributed by atoms with Gasteiger partial charge in [-0.2, -0.15) is 0 Å². The largest absolute Gasteiger partial charge is 0.339 e. The first-order chi connectivity index (χ1) is 7.58. The van der Waals surface area contributed by atoms with Crippen LogP contribution in [0.2, 0.25) is 0 Å². The maximum absolute atomic E-state index is 12.3. The predicted molar refractivity (Wildman–Crippen MR) is 64.8 cm³/mol. The van der Waals surface area contributed by atoms with E-state index in [-0.39, 0.29) is 17.9 Å². The number of carbonyl (C=O) groups is 1. The van der Waals surface area contributed by atoms with Crippen molar-refractivity contribution in [3.8, 4) is 0 Å². The van der Waals surface area contributed by atoms with Gasteiger partial charge in [0.15, 0.2) is 0 Å². The Kier molecular flexibility index (Phi) is 3.33. The Balaban J connectivity index is 1.96. The lowest BCUT2D eigenvalue weighted by molar-refractivity contribution is -0.136. The zero-order chi connectivity index (χ0) is 11.7. The van der Waals surface area contributed by atoms with Gasteiger partial charge < -0.3 is 10.6 Å². The van der Waals surface area contributed by atoms with Gasteiger partial charge in [0.2, 0.25) is 5.91 Å². The highest BCUT2D eigenvalue weighted by atomic mass is 16.2. The van der Waals surface area contributed by atoms with Crippen molar-refractivity contribution in [1.29, 1.82) is 0 Å². The molecular formula is C13H22N2O. The van der Waals surface area contributed by atoms with Crippen LogP contribution in [0, 0.1) is 11.8 Å². The van der Waals surface area contributed by atoms with Gasteiger partial charge in [-0.15, -0.1) is 0 Å². The molecule has 2 aliphatic rings. The van der Waals surface area contributed by atoms with E-state index >= 15 is 0 Å². The van der Waals surface area contributed by atoms with Crippen molar-refractivity contribution in [3.05, 3.63) is 12.2 Å². The van der Waals surface area contributed by atoms with Gasteiger partial charge in [0, 0.05) is 18.6 Å². The molecule has 0 radical (unpaired) electrons. The van der Waals surface area contributed by atoms with Gasteiger partial charge in [-0.05, 0) is 39.0 Å². The minimum Gasteiger partial charge on any atom is -0.339 e. The van der Waals surface area contributed by atoms with Crippen LogP contribution < -0.4 is 5.73 Å². The summed E-state index contributed by atoms with van der Waals surface area (Å²) in [4.78, 5) is 14.3. The molecule has 16 heavy (non-hydrogen) atoms. The third-order valence-electron chi connectivity index (χ3n) is 3.49. The molecule has 0 heterocycles. The molecule has 2 unspecified atom stereocenters. The fourth-order valence-corrected chi connectivity index (χ4v) is 2.26. The van der Waals surface area contributed by atoms with E-state index in [0.717, 1.165) is 18.9 Å². The number of rotatable bonds is 4. The van der Waals surface area contributed by atoms with Crippen LogP contribution in [0.3, 0.4) is 0 Å². The Bertz CT molecular complexity index is 294. The van der Waals surface area contributed by atoms with Gasteiger partial charge in [0.25, 0.3) is 0 Å². The smallest absolute Gasteiger partial charge is 0.229 e. The molecule has 0 aromatic heterocycles. The van der Waals surface area contributed by atoms with Gasteiger partial charge in [-0.3, -0.25) is 4.79 Å². The summed E-state index contributed by atoms with van der Waals surface area (Å²) >= 11 is 0. The average Bonchev–Trinajstić information content (AvgIpc) is 2.95. The fraction of sp³-hybridized carbons (Fsp3) is 0.769. The second-order valence-corrected chi connectivity index (χ2v) is 5.42. The molecule has 0 aliphatic heterocycles. The Morgan fingerprint density at radius 2 is 2.12 bits per heavy atom. The summed E-state index contributed by atoms with van der Waals surface area (Å²) in [7, 11) is 0. The summed E-state index contributed by atoms with van der Waals surface area (Å²) in [5, 5.41) is 0. The van der Waals surface area contributed by atoms with Crippen molar-refractivity contribution in [2.75, 3.05) is 6.54 Å². The molecule has 1 saturated carbocycles. The number of hydrogen-bond donors (Lipinski definition) is 1. The number of amides is 1. The van der Waals surface area contributed by atoms with Crippen molar-refractivity contribution in [3.63, 3.8) is 0 Å². The fourth-order valence-electron chi connectivity index (χ4n) is 2.26. The van der Waals surface area contributed by atoms with E-state index in [4.69, 9.17) is 5.73 Å². The summed E-state index contributed by atoms with van der Waals surface area (Å²) < 4.78 is 0. The summed E-state index contributed by atoms with van der Waals surface area (Å²) in [6.45, 7) is 5.13. The number of nitrogens with two attached hydrogens (primary N) is 1. The molecule has 2 N–H and O–H groups in total. The average molecular weight is 222 g/mol. The quantitative estimate of drug-likeness (QED) is 0.733. The lowest BCUT2D eigenvalue weighted by atomic mass is 10.1. The zero-order valence-corrected chi connectivity index (χ0v) is 10.2. The summed E-state index contributed by atoms with van der Waals surface area (Å²) in [6.07, 6.45) is 7.30. The maximum Gasteiger partial charge on any atom is 0.229 e. The molecule has 0 aromatic carbocycles. The molecule has 3 heteroatoms. The molecule has 0 saturated heterocycles. The molecule has 2 aliphatic carbocycles. The van der Waals surface area contributed by atoms with Gasteiger partial charge in [-0.1, -0.05) is 12.2 Å². The molecule has 0 spiro atoms. The van der Waals surface area contributed by atoms with E-state index in [1.165, 1.54) is 12.8 Å². The van der Waals surface area contributed by atoms with E-state index in [9.17, 15) is 4.79 Å². The highest BCUT2D eigenvalue weighted by molar-refractivity contribution is 5.81. The molecule has 90 valence electrons. The Hall–Kier alpha value is -0.830. The molecular weight excluding hydrogens is 200 g/mol. The number of carbonyl (C=O) groups excluding carboxylic acids is 1. The van der Waals surface area contributed by atoms with Crippen LogP contribution in [0.5, 0.6) is 0 Å². The summed E-state index contributed by atoms with van der Waals surface area (Å²) in [5.41, 5.74) is 5.80. The van der Waals surface area contributed by atoms with Crippen molar-refractivity contribution >= 4 is 5.91 Å². The molecule has 1 amide bonds. The zero-order valence-electron chi connectivity index (χ0n) is 10.2. The number of nitrogens with zero attached hydrogens (tertiary/aromatic N) is 1. The maximum atomic E-state index is 12.3. The van der Waals surface area contributed by atoms with Crippen LogP contribution >= 0.6 is 0 Å². The van der Waals surface area contributed by atoms with Crippen molar-refractivity contribution in [2.24, 2.45) is 17.6 Å². The van der Waals surface area contributed by atoms with E-state index in [1.54, 1.807) is 0 Å². The van der Waals surface area contributed by atoms with Gasteiger partial charge in [0.1, 0.15) is 0 Å². The third-order valence-corrected chi connectivity index (χ3v) is 3.49. The highest BCUT2D eigenvalue weighted by Crippen LogP contribution is 2.31. The monoisotopic (exact) mass is 222 g/mol. The van der Waals surface area contributed by atoms with Crippen LogP contribution in [-0.4, -0.2) is 29.4 Å². The Labute approximate surface area is 97.7 Å². The minimum atomic E-state index is 0.0242. The standard InChI is InChI=1S/C13H22N2O/c1-9(2)15(8-10-3-4-10)13(16)11-5-6-12(14)7-11/h5-6,9-12H,3-4,7-8,14H2,1-2H3. The normalized spacial score (nSPS) is 28.8. The van der Waals surface area contributed by atoms with E-state index < -0.39 is 0 Å². The lowest BCUT2D eigenvalue weighted by Gasteiger charge is -2.29. The minimum absolute atomic E-state index is 0.0242. The molecule has 2 atom stereocenters. The first kappa shape index (κ1) is 11.6. The van der Waals surface area contributed by atoms with Crippen LogP contribution in [0.4, 0.5) is 0 Å². The molecule has 2 rings (SSSR count). The Morgan fingerprint density at radius 1 is 1.44 bits per heavy atom. The molecule has 0 aromatic rings. The first-order valence-electron chi connectivity index (χ1n) is 6.32. The van der Waals surface area contributed by atoms with Crippen molar-refractivity contribution in [2.45, 2.75) is 45.2 Å². The van der Waals surface area contributed by atoms with Gasteiger partial charge in [-0.25, -0.2) is 0 Å². The van der Waals surface area contributed by atoms with Gasteiger partial charge in [0.05, 0.1) is 5.92 Å². The summed E-state index contributed by atoms with van der Waals surface area (Å²) in [6, 6.07) is 0.377. The topological polar surface area (TPSA) is 46.3 Å². The predicted octanol–water partition coefficient (Wildman–Crippen LogP) is 1.54. The van der Waals surface area contributed by atoms with Crippen LogP contribution in [-0.2, 0) is 4.79 Å². The van der Waals surface area contributed by atoms with Crippen LogP contribution in [0.15, 0.2) is 12.2 Å². The van der Waals surface area contributed by atoms with E-state index in [2.05, 4.69) is 13.8 Å². The van der Waals surface area contributed by atoms with Crippen LogP contribution in [0.1, 0.15) is 33.1 Å². The molecule has 3 nitrogen and oxygen atoms in total. The number of hydrogen-bond acceptors (Lipinski definition) is 2. The second kappa shape index (κ2) is 4.58. The third kappa shape index (κ3) is 2.64. The first-order valence-corrected chi connectivity index (χ1v) is 6.32.